The fraction of sp³-hybridized carbons (Fsp3) is 0.0667. The van der Waals surface area contributed by atoms with Gasteiger partial charge in [0.15, 0.2) is 0 Å². The predicted octanol–water partition coefficient (Wildman–Crippen LogP) is 4.89. The average Bonchev–Trinajstić information content (AvgIpc) is 2.50. The molecule has 0 saturated carbocycles. The van der Waals surface area contributed by atoms with Crippen molar-refractivity contribution in [2.75, 3.05) is 0 Å². The summed E-state index contributed by atoms with van der Waals surface area (Å²) in [5.41, 5.74) is 0.474. The maximum atomic E-state index is 13.5. The second-order valence-electron chi connectivity index (χ2n) is 4.31. The van der Waals surface area contributed by atoms with Crippen molar-refractivity contribution in [2.45, 2.75) is 6.04 Å². The van der Waals surface area contributed by atoms with Crippen molar-refractivity contribution in [3.63, 3.8) is 0 Å². The molecule has 2 rings (SSSR count). The van der Waals surface area contributed by atoms with Gasteiger partial charge in [-0.05, 0) is 40.2 Å². The number of nitrogens with one attached hydrogen (secondary N) is 1. The summed E-state index contributed by atoms with van der Waals surface area (Å²) in [5, 5.41) is 12.2. The van der Waals surface area contributed by atoms with Gasteiger partial charge in [-0.3, -0.25) is 4.79 Å². The zero-order valence-corrected chi connectivity index (χ0v) is 14.0. The first kappa shape index (κ1) is 16.8. The molecule has 7 heteroatoms. The Labute approximate surface area is 144 Å². The van der Waals surface area contributed by atoms with Gasteiger partial charge in [-0.1, -0.05) is 35.3 Å². The molecule has 0 aliphatic heterocycles. The van der Waals surface area contributed by atoms with E-state index in [1.165, 1.54) is 12.1 Å². The third kappa shape index (κ3) is 3.58. The second-order valence-corrected chi connectivity index (χ2v) is 5.95. The van der Waals surface area contributed by atoms with E-state index < -0.39 is 17.8 Å². The molecule has 0 saturated heterocycles. The molecule has 3 nitrogen and oxygen atoms in total. The first-order valence-corrected chi connectivity index (χ1v) is 7.58. The van der Waals surface area contributed by atoms with Gasteiger partial charge in [0.2, 0.25) is 0 Å². The van der Waals surface area contributed by atoms with Crippen LogP contribution < -0.4 is 5.32 Å². The maximum absolute atomic E-state index is 13.5. The average molecular weight is 402 g/mol. The normalized spacial score (nSPS) is 11.6. The van der Waals surface area contributed by atoms with Gasteiger partial charge in [0, 0.05) is 11.1 Å². The third-order valence-electron chi connectivity index (χ3n) is 2.88. The monoisotopic (exact) mass is 400 g/mol. The van der Waals surface area contributed by atoms with Crippen molar-refractivity contribution in [2.24, 2.45) is 0 Å². The lowest BCUT2D eigenvalue weighted by molar-refractivity contribution is 0.0944. The van der Waals surface area contributed by atoms with E-state index in [1.54, 1.807) is 18.2 Å². The number of amides is 1. The number of carbonyl (C=O) groups is 1. The van der Waals surface area contributed by atoms with Gasteiger partial charge in [0.1, 0.15) is 11.9 Å². The number of nitrogens with zero attached hydrogens (tertiary/aromatic N) is 1. The summed E-state index contributed by atoms with van der Waals surface area (Å²) in [6, 6.07) is 9.66. The number of carbonyl (C=O) groups excluding carboxylic acids is 1. The molecular formula is C15H8BrCl2FN2O. The molecule has 2 aromatic carbocycles. The molecule has 0 fully saturated rings. The van der Waals surface area contributed by atoms with Crippen molar-refractivity contribution in [1.29, 1.82) is 5.26 Å². The van der Waals surface area contributed by atoms with Crippen LogP contribution in [-0.2, 0) is 0 Å². The first-order valence-electron chi connectivity index (χ1n) is 6.03. The van der Waals surface area contributed by atoms with Crippen LogP contribution in [0.25, 0.3) is 0 Å². The smallest absolute Gasteiger partial charge is 0.252 e. The number of nitriles is 1. The second kappa shape index (κ2) is 7.10. The summed E-state index contributed by atoms with van der Waals surface area (Å²) in [6.07, 6.45) is 0. The Morgan fingerprint density at radius 2 is 2.05 bits per heavy atom. The lowest BCUT2D eigenvalue weighted by Gasteiger charge is -2.14. The lowest BCUT2D eigenvalue weighted by atomic mass is 10.1. The molecular weight excluding hydrogens is 394 g/mol. The Bertz CT molecular complexity index is 777. The Morgan fingerprint density at radius 3 is 2.68 bits per heavy atom. The fourth-order valence-corrected chi connectivity index (χ4v) is 2.44. The van der Waals surface area contributed by atoms with Gasteiger partial charge >= 0.3 is 0 Å². The quantitative estimate of drug-likeness (QED) is 0.795. The minimum absolute atomic E-state index is 0.0964. The molecule has 1 unspecified atom stereocenters. The minimum Gasteiger partial charge on any atom is -0.332 e. The summed E-state index contributed by atoms with van der Waals surface area (Å²) in [5.74, 6) is -1.16. The molecule has 0 aliphatic carbocycles. The van der Waals surface area contributed by atoms with E-state index >= 15 is 0 Å². The van der Waals surface area contributed by atoms with Crippen LogP contribution in [0.4, 0.5) is 4.39 Å². The molecule has 0 aromatic heterocycles. The van der Waals surface area contributed by atoms with E-state index in [9.17, 15) is 14.4 Å². The highest BCUT2D eigenvalue weighted by Gasteiger charge is 2.19. The Balaban J connectivity index is 2.27. The number of benzene rings is 2. The molecule has 0 bridgehead atoms. The number of rotatable bonds is 3. The van der Waals surface area contributed by atoms with E-state index in [2.05, 4.69) is 21.2 Å². The molecule has 2 aromatic rings. The topological polar surface area (TPSA) is 52.9 Å². The standard InChI is InChI=1S/C15H8BrCl2FN2O/c16-10-5-4-8(6-12(10)19)15(22)21-13(7-20)9-2-1-3-11(17)14(9)18/h1-6,13H,(H,21,22). The first-order chi connectivity index (χ1) is 10.4. The van der Waals surface area contributed by atoms with Gasteiger partial charge in [0.25, 0.3) is 5.91 Å². The largest absolute Gasteiger partial charge is 0.332 e. The van der Waals surface area contributed by atoms with Crippen LogP contribution in [0.15, 0.2) is 40.9 Å². The van der Waals surface area contributed by atoms with E-state index in [0.29, 0.717) is 5.56 Å². The van der Waals surface area contributed by atoms with Gasteiger partial charge < -0.3 is 5.32 Å². The molecule has 0 spiro atoms. The van der Waals surface area contributed by atoms with Crippen LogP contribution in [0.5, 0.6) is 0 Å². The van der Waals surface area contributed by atoms with Gasteiger partial charge in [-0.15, -0.1) is 0 Å². The zero-order chi connectivity index (χ0) is 16.3. The highest BCUT2D eigenvalue weighted by molar-refractivity contribution is 9.10. The van der Waals surface area contributed by atoms with Crippen LogP contribution in [0.3, 0.4) is 0 Å². The van der Waals surface area contributed by atoms with Crippen molar-refractivity contribution >= 4 is 45.0 Å². The van der Waals surface area contributed by atoms with Gasteiger partial charge in [0.05, 0.1) is 20.6 Å². The van der Waals surface area contributed by atoms with Crippen LogP contribution in [0.1, 0.15) is 22.0 Å². The zero-order valence-electron chi connectivity index (χ0n) is 10.9. The molecule has 0 radical (unpaired) electrons. The molecule has 1 atom stereocenters. The summed E-state index contributed by atoms with van der Waals surface area (Å²) in [7, 11) is 0. The summed E-state index contributed by atoms with van der Waals surface area (Å²) in [6.45, 7) is 0. The van der Waals surface area contributed by atoms with E-state index in [0.717, 1.165) is 6.07 Å². The minimum atomic E-state index is -0.995. The predicted molar refractivity (Wildman–Crippen MR) is 86.4 cm³/mol. The summed E-state index contributed by atoms with van der Waals surface area (Å²) in [4.78, 5) is 12.1. The number of hydrogen-bond acceptors (Lipinski definition) is 2. The summed E-state index contributed by atoms with van der Waals surface area (Å²) < 4.78 is 13.7. The number of hydrogen-bond donors (Lipinski definition) is 1. The highest BCUT2D eigenvalue weighted by atomic mass is 79.9. The van der Waals surface area contributed by atoms with Gasteiger partial charge in [-0.2, -0.15) is 5.26 Å². The molecule has 112 valence electrons. The molecule has 0 heterocycles. The van der Waals surface area contributed by atoms with E-state index in [1.807, 2.05) is 6.07 Å². The van der Waals surface area contributed by atoms with Crippen molar-refractivity contribution < 1.29 is 9.18 Å². The van der Waals surface area contributed by atoms with Crippen molar-refractivity contribution in [1.82, 2.24) is 5.32 Å². The van der Waals surface area contributed by atoms with Crippen LogP contribution in [0.2, 0.25) is 10.0 Å². The molecule has 0 aliphatic rings. The molecule has 22 heavy (non-hydrogen) atoms. The van der Waals surface area contributed by atoms with Crippen LogP contribution in [0, 0.1) is 17.1 Å². The van der Waals surface area contributed by atoms with Crippen LogP contribution in [-0.4, -0.2) is 5.91 Å². The Morgan fingerprint density at radius 1 is 1.32 bits per heavy atom. The maximum Gasteiger partial charge on any atom is 0.252 e. The Kier molecular flexibility index (Phi) is 5.41. The van der Waals surface area contributed by atoms with Crippen molar-refractivity contribution in [3.05, 3.63) is 67.9 Å². The van der Waals surface area contributed by atoms with E-state index in [-0.39, 0.29) is 20.1 Å². The SMILES string of the molecule is N#CC(NC(=O)c1ccc(Br)c(F)c1)c1cccc(Cl)c1Cl. The lowest BCUT2D eigenvalue weighted by Crippen LogP contribution is -2.28. The molecule has 1 amide bonds. The van der Waals surface area contributed by atoms with Crippen molar-refractivity contribution in [3.8, 4) is 6.07 Å². The van der Waals surface area contributed by atoms with E-state index in [4.69, 9.17) is 23.2 Å². The summed E-state index contributed by atoms with van der Waals surface area (Å²) >= 11 is 14.9. The third-order valence-corrected chi connectivity index (χ3v) is 4.36. The Hall–Kier alpha value is -1.61. The van der Waals surface area contributed by atoms with Gasteiger partial charge in [-0.25, -0.2) is 4.39 Å². The highest BCUT2D eigenvalue weighted by Crippen LogP contribution is 2.30. The van der Waals surface area contributed by atoms with Crippen LogP contribution >= 0.6 is 39.1 Å². The number of halogens is 4. The molecule has 1 N–H and O–H groups in total. The fourth-order valence-electron chi connectivity index (χ4n) is 1.77.